The molecule has 0 fully saturated rings. The molecule has 0 saturated carbocycles. The van der Waals surface area contributed by atoms with Gasteiger partial charge in [0.2, 0.25) is 10.0 Å². The molecular weight excluding hydrogens is 250 g/mol. The maximum atomic E-state index is 12.1. The van der Waals surface area contributed by atoms with Crippen LogP contribution in [0.2, 0.25) is 0 Å². The summed E-state index contributed by atoms with van der Waals surface area (Å²) in [4.78, 5) is 0.269. The van der Waals surface area contributed by atoms with Crippen molar-refractivity contribution in [3.63, 3.8) is 0 Å². The number of sulfonamides is 1. The molecule has 1 unspecified atom stereocenters. The number of hydrogen-bond donors (Lipinski definition) is 2. The Bertz CT molecular complexity index is 471. The monoisotopic (exact) mass is 271 g/mol. The molecule has 18 heavy (non-hydrogen) atoms. The zero-order chi connectivity index (χ0) is 13.6. The number of benzene rings is 1. The van der Waals surface area contributed by atoms with E-state index in [2.05, 4.69) is 4.72 Å². The highest BCUT2D eigenvalue weighted by Crippen LogP contribution is 2.17. The predicted octanol–water partition coefficient (Wildman–Crippen LogP) is 1.69. The third kappa shape index (κ3) is 4.08. The Morgan fingerprint density at radius 3 is 2.56 bits per heavy atom. The molecule has 5 heteroatoms. The average molecular weight is 271 g/mol. The second-order valence-electron chi connectivity index (χ2n) is 4.27. The fourth-order valence-electron chi connectivity index (χ4n) is 1.65. The number of rotatable bonds is 7. The van der Waals surface area contributed by atoms with Gasteiger partial charge in [0.25, 0.3) is 0 Å². The molecule has 0 aliphatic rings. The highest BCUT2D eigenvalue weighted by molar-refractivity contribution is 7.89. The summed E-state index contributed by atoms with van der Waals surface area (Å²) in [5, 5.41) is 9.66. The van der Waals surface area contributed by atoms with E-state index in [9.17, 15) is 13.5 Å². The SMILES string of the molecule is CCCNS(=O)(=O)c1ccccc1CC(O)CC. The van der Waals surface area contributed by atoms with Gasteiger partial charge in [-0.05, 0) is 30.9 Å². The van der Waals surface area contributed by atoms with Gasteiger partial charge in [0, 0.05) is 6.54 Å². The first-order valence-electron chi connectivity index (χ1n) is 6.26. The summed E-state index contributed by atoms with van der Waals surface area (Å²) < 4.78 is 26.7. The van der Waals surface area contributed by atoms with E-state index in [1.54, 1.807) is 24.3 Å². The number of aliphatic hydroxyl groups is 1. The molecule has 0 spiro atoms. The van der Waals surface area contributed by atoms with Crippen molar-refractivity contribution in [2.75, 3.05) is 6.54 Å². The van der Waals surface area contributed by atoms with Crippen molar-refractivity contribution in [2.24, 2.45) is 0 Å². The van der Waals surface area contributed by atoms with Gasteiger partial charge in [0.05, 0.1) is 11.0 Å². The van der Waals surface area contributed by atoms with Crippen LogP contribution in [0.4, 0.5) is 0 Å². The van der Waals surface area contributed by atoms with Gasteiger partial charge >= 0.3 is 0 Å². The zero-order valence-corrected chi connectivity index (χ0v) is 11.7. The van der Waals surface area contributed by atoms with Gasteiger partial charge in [-0.1, -0.05) is 32.0 Å². The second-order valence-corrected chi connectivity index (χ2v) is 6.01. The van der Waals surface area contributed by atoms with E-state index < -0.39 is 16.1 Å². The van der Waals surface area contributed by atoms with Gasteiger partial charge in [-0.25, -0.2) is 13.1 Å². The molecule has 0 radical (unpaired) electrons. The molecule has 0 saturated heterocycles. The van der Waals surface area contributed by atoms with Crippen LogP contribution in [0.1, 0.15) is 32.3 Å². The van der Waals surface area contributed by atoms with Crippen LogP contribution in [0.15, 0.2) is 29.2 Å². The van der Waals surface area contributed by atoms with E-state index in [0.29, 0.717) is 24.9 Å². The van der Waals surface area contributed by atoms with Crippen LogP contribution >= 0.6 is 0 Å². The predicted molar refractivity (Wildman–Crippen MR) is 71.9 cm³/mol. The summed E-state index contributed by atoms with van der Waals surface area (Å²) in [5.41, 5.74) is 0.662. The summed E-state index contributed by atoms with van der Waals surface area (Å²) in [6, 6.07) is 6.81. The summed E-state index contributed by atoms with van der Waals surface area (Å²) in [7, 11) is -3.47. The van der Waals surface area contributed by atoms with Gasteiger partial charge in [0.1, 0.15) is 0 Å². The standard InChI is InChI=1S/C13H21NO3S/c1-3-9-14-18(16,17)13-8-6-5-7-11(13)10-12(15)4-2/h5-8,12,14-15H,3-4,9-10H2,1-2H3. The lowest BCUT2D eigenvalue weighted by molar-refractivity contribution is 0.170. The minimum Gasteiger partial charge on any atom is -0.393 e. The van der Waals surface area contributed by atoms with Gasteiger partial charge in [0.15, 0.2) is 0 Å². The summed E-state index contributed by atoms with van der Waals surface area (Å²) in [6.45, 7) is 4.21. The molecule has 0 bridgehead atoms. The van der Waals surface area contributed by atoms with Crippen LogP contribution in [-0.2, 0) is 16.4 Å². The smallest absolute Gasteiger partial charge is 0.240 e. The molecule has 0 aromatic heterocycles. The Labute approximate surface area is 109 Å². The number of nitrogens with one attached hydrogen (secondary N) is 1. The fraction of sp³-hybridized carbons (Fsp3) is 0.538. The van der Waals surface area contributed by atoms with Gasteiger partial charge in [-0.15, -0.1) is 0 Å². The number of hydrogen-bond acceptors (Lipinski definition) is 3. The van der Waals surface area contributed by atoms with Gasteiger partial charge < -0.3 is 5.11 Å². The van der Waals surface area contributed by atoms with Crippen molar-refractivity contribution < 1.29 is 13.5 Å². The Morgan fingerprint density at radius 1 is 1.28 bits per heavy atom. The van der Waals surface area contributed by atoms with Crippen molar-refractivity contribution in [1.82, 2.24) is 4.72 Å². The second kappa shape index (κ2) is 6.87. The number of aliphatic hydroxyl groups excluding tert-OH is 1. The molecule has 1 aromatic rings. The zero-order valence-electron chi connectivity index (χ0n) is 10.9. The molecule has 0 amide bonds. The minimum atomic E-state index is -3.47. The molecule has 4 nitrogen and oxygen atoms in total. The Balaban J connectivity index is 3.01. The van der Waals surface area contributed by atoms with Crippen molar-refractivity contribution in [1.29, 1.82) is 0 Å². The Hall–Kier alpha value is -0.910. The topological polar surface area (TPSA) is 66.4 Å². The normalized spacial score (nSPS) is 13.5. The third-order valence-electron chi connectivity index (χ3n) is 2.73. The molecule has 0 aliphatic heterocycles. The molecule has 2 N–H and O–H groups in total. The van der Waals surface area contributed by atoms with E-state index in [-0.39, 0.29) is 4.90 Å². The van der Waals surface area contributed by atoms with Gasteiger partial charge in [-0.2, -0.15) is 0 Å². The quantitative estimate of drug-likeness (QED) is 0.793. The Kier molecular flexibility index (Phi) is 5.78. The van der Waals surface area contributed by atoms with Crippen LogP contribution < -0.4 is 4.72 Å². The maximum Gasteiger partial charge on any atom is 0.240 e. The minimum absolute atomic E-state index is 0.269. The first kappa shape index (κ1) is 15.1. The molecule has 102 valence electrons. The first-order valence-corrected chi connectivity index (χ1v) is 7.75. The van der Waals surface area contributed by atoms with E-state index >= 15 is 0 Å². The van der Waals surface area contributed by atoms with E-state index in [4.69, 9.17) is 0 Å². The van der Waals surface area contributed by atoms with Crippen molar-refractivity contribution in [2.45, 2.75) is 44.1 Å². The van der Waals surface area contributed by atoms with Crippen molar-refractivity contribution in [3.8, 4) is 0 Å². The van der Waals surface area contributed by atoms with E-state index in [1.165, 1.54) is 0 Å². The molecule has 1 rings (SSSR count). The summed E-state index contributed by atoms with van der Waals surface area (Å²) in [5.74, 6) is 0. The van der Waals surface area contributed by atoms with E-state index in [0.717, 1.165) is 6.42 Å². The average Bonchev–Trinajstić information content (AvgIpc) is 2.36. The molecular formula is C13H21NO3S. The third-order valence-corrected chi connectivity index (χ3v) is 4.29. The van der Waals surface area contributed by atoms with Crippen LogP contribution in [0.25, 0.3) is 0 Å². The van der Waals surface area contributed by atoms with Crippen LogP contribution in [0, 0.1) is 0 Å². The molecule has 1 atom stereocenters. The summed E-state index contributed by atoms with van der Waals surface area (Å²) in [6.07, 6.45) is 1.21. The Morgan fingerprint density at radius 2 is 1.94 bits per heavy atom. The van der Waals surface area contributed by atoms with E-state index in [1.807, 2.05) is 13.8 Å². The lowest BCUT2D eigenvalue weighted by Gasteiger charge is -2.13. The van der Waals surface area contributed by atoms with Crippen LogP contribution in [0.3, 0.4) is 0 Å². The van der Waals surface area contributed by atoms with Crippen molar-refractivity contribution in [3.05, 3.63) is 29.8 Å². The largest absolute Gasteiger partial charge is 0.393 e. The van der Waals surface area contributed by atoms with Gasteiger partial charge in [-0.3, -0.25) is 0 Å². The fourth-order valence-corrected chi connectivity index (χ4v) is 3.03. The lowest BCUT2D eigenvalue weighted by Crippen LogP contribution is -2.26. The maximum absolute atomic E-state index is 12.1. The molecule has 0 aliphatic carbocycles. The van der Waals surface area contributed by atoms with Crippen molar-refractivity contribution >= 4 is 10.0 Å². The lowest BCUT2D eigenvalue weighted by atomic mass is 10.1. The molecule has 0 heterocycles. The van der Waals surface area contributed by atoms with Crippen LogP contribution in [-0.4, -0.2) is 26.2 Å². The highest BCUT2D eigenvalue weighted by atomic mass is 32.2. The first-order chi connectivity index (χ1) is 8.51. The van der Waals surface area contributed by atoms with Crippen LogP contribution in [0.5, 0.6) is 0 Å². The molecule has 1 aromatic carbocycles. The highest BCUT2D eigenvalue weighted by Gasteiger charge is 2.18. The summed E-state index contributed by atoms with van der Waals surface area (Å²) >= 11 is 0.